The molecule has 0 saturated heterocycles. The molecule has 0 aromatic heterocycles. The molecule has 0 radical (unpaired) electrons. The number of benzene rings is 2. The Hall–Kier alpha value is -2.20. The maximum atomic E-state index is 13.2. The van der Waals surface area contributed by atoms with Gasteiger partial charge >= 0.3 is 5.97 Å². The van der Waals surface area contributed by atoms with Crippen molar-refractivity contribution in [2.24, 2.45) is 5.92 Å². The van der Waals surface area contributed by atoms with Gasteiger partial charge in [-0.3, -0.25) is 9.59 Å². The Kier molecular flexibility index (Phi) is 9.33. The van der Waals surface area contributed by atoms with Gasteiger partial charge in [0.15, 0.2) is 5.78 Å². The van der Waals surface area contributed by atoms with E-state index in [1.54, 1.807) is 6.07 Å². The second-order valence-corrected chi connectivity index (χ2v) is 7.59. The minimum Gasteiger partial charge on any atom is -0.465 e. The third kappa shape index (κ3) is 6.67. The van der Waals surface area contributed by atoms with Crippen LogP contribution in [0, 0.1) is 11.7 Å². The van der Waals surface area contributed by atoms with Gasteiger partial charge in [0, 0.05) is 22.9 Å². The largest absolute Gasteiger partial charge is 0.465 e. The number of ketones is 1. The Morgan fingerprint density at radius 1 is 1.03 bits per heavy atom. The van der Waals surface area contributed by atoms with E-state index in [4.69, 9.17) is 16.3 Å². The van der Waals surface area contributed by atoms with Crippen LogP contribution in [-0.4, -0.2) is 18.4 Å². The first-order chi connectivity index (χ1) is 14.0. The number of unbranched alkanes of at least 4 members (excludes halogenated alkanes) is 1. The molecule has 1 unspecified atom stereocenters. The summed E-state index contributed by atoms with van der Waals surface area (Å²) >= 11 is 6.44. The minimum absolute atomic E-state index is 0.102. The number of hydrogen-bond donors (Lipinski definition) is 0. The fourth-order valence-electron chi connectivity index (χ4n) is 3.42. The number of hydrogen-bond acceptors (Lipinski definition) is 3. The van der Waals surface area contributed by atoms with E-state index >= 15 is 0 Å². The molecular formula is C24H28ClFO3. The summed E-state index contributed by atoms with van der Waals surface area (Å²) in [6.07, 6.45) is 3.23. The molecule has 2 rings (SSSR count). The number of esters is 1. The molecule has 0 heterocycles. The first kappa shape index (κ1) is 23.1. The summed E-state index contributed by atoms with van der Waals surface area (Å²) in [5.74, 6) is -1.71. The zero-order valence-electron chi connectivity index (χ0n) is 17.0. The number of carbonyl (C=O) groups excluding carboxylic acids is 2. The van der Waals surface area contributed by atoms with Crippen molar-refractivity contribution in [3.63, 3.8) is 0 Å². The van der Waals surface area contributed by atoms with E-state index in [0.29, 0.717) is 23.6 Å². The van der Waals surface area contributed by atoms with Crippen LogP contribution in [0.25, 0.3) is 0 Å². The Morgan fingerprint density at radius 3 is 2.34 bits per heavy atom. The lowest BCUT2D eigenvalue weighted by Crippen LogP contribution is -2.27. The zero-order chi connectivity index (χ0) is 21.2. The lowest BCUT2D eigenvalue weighted by atomic mass is 9.79. The second-order valence-electron chi connectivity index (χ2n) is 7.18. The third-order valence-electron chi connectivity index (χ3n) is 4.98. The molecule has 156 valence electrons. The molecule has 5 heteroatoms. The van der Waals surface area contributed by atoms with Crippen LogP contribution in [-0.2, 0) is 9.53 Å². The average Bonchev–Trinajstić information content (AvgIpc) is 2.72. The highest BCUT2D eigenvalue weighted by Gasteiger charge is 2.33. The summed E-state index contributed by atoms with van der Waals surface area (Å²) in [6, 6.07) is 12.8. The second kappa shape index (κ2) is 11.7. The summed E-state index contributed by atoms with van der Waals surface area (Å²) in [7, 11) is 0. The third-order valence-corrected chi connectivity index (χ3v) is 5.33. The molecular weight excluding hydrogens is 391 g/mol. The van der Waals surface area contributed by atoms with E-state index in [9.17, 15) is 14.0 Å². The van der Waals surface area contributed by atoms with Crippen molar-refractivity contribution in [1.29, 1.82) is 0 Å². The van der Waals surface area contributed by atoms with E-state index in [2.05, 4.69) is 6.92 Å². The molecule has 0 aliphatic heterocycles. The molecule has 2 aromatic rings. The summed E-state index contributed by atoms with van der Waals surface area (Å²) < 4.78 is 18.7. The maximum Gasteiger partial charge on any atom is 0.309 e. The smallest absolute Gasteiger partial charge is 0.309 e. The average molecular weight is 419 g/mol. The van der Waals surface area contributed by atoms with Crippen LogP contribution in [0.1, 0.15) is 67.8 Å². The molecule has 0 aliphatic carbocycles. The summed E-state index contributed by atoms with van der Waals surface area (Å²) in [4.78, 5) is 25.8. The molecule has 0 saturated carbocycles. The van der Waals surface area contributed by atoms with Gasteiger partial charge in [-0.05, 0) is 48.7 Å². The van der Waals surface area contributed by atoms with Gasteiger partial charge in [0.1, 0.15) is 5.82 Å². The lowest BCUT2D eigenvalue weighted by Gasteiger charge is -2.26. The molecule has 0 amide bonds. The topological polar surface area (TPSA) is 43.4 Å². The number of Topliss-reactive ketones (excluding diaryl/α,β-unsaturated/α-hetero) is 1. The molecule has 29 heavy (non-hydrogen) atoms. The van der Waals surface area contributed by atoms with Crippen LogP contribution in [0.5, 0.6) is 0 Å². The highest BCUT2D eigenvalue weighted by molar-refractivity contribution is 6.31. The van der Waals surface area contributed by atoms with Crippen LogP contribution in [0.3, 0.4) is 0 Å². The van der Waals surface area contributed by atoms with Crippen LogP contribution < -0.4 is 0 Å². The molecule has 3 nitrogen and oxygen atoms in total. The molecule has 0 fully saturated rings. The molecule has 0 spiro atoms. The van der Waals surface area contributed by atoms with Gasteiger partial charge in [0.2, 0.25) is 0 Å². The van der Waals surface area contributed by atoms with Crippen LogP contribution in [0.4, 0.5) is 4.39 Å². The lowest BCUT2D eigenvalue weighted by molar-refractivity contribution is -0.149. The van der Waals surface area contributed by atoms with Crippen LogP contribution >= 0.6 is 11.6 Å². The van der Waals surface area contributed by atoms with Crippen molar-refractivity contribution in [3.05, 3.63) is 70.5 Å². The summed E-state index contributed by atoms with van der Waals surface area (Å²) in [5.41, 5.74) is 1.18. The summed E-state index contributed by atoms with van der Waals surface area (Å²) in [6.45, 7) is 4.35. The van der Waals surface area contributed by atoms with Crippen molar-refractivity contribution >= 4 is 23.4 Å². The molecule has 2 aromatic carbocycles. The first-order valence-corrected chi connectivity index (χ1v) is 10.6. The predicted molar refractivity (Wildman–Crippen MR) is 114 cm³/mol. The molecule has 0 bridgehead atoms. The highest BCUT2D eigenvalue weighted by atomic mass is 35.5. The van der Waals surface area contributed by atoms with Crippen LogP contribution in [0.15, 0.2) is 48.5 Å². The van der Waals surface area contributed by atoms with Gasteiger partial charge in [-0.15, -0.1) is 0 Å². The van der Waals surface area contributed by atoms with Crippen LogP contribution in [0.2, 0.25) is 5.02 Å². The Balaban J connectivity index is 2.38. The standard InChI is InChI=1S/C24H28ClFO3/c1-3-5-8-20(24(28)29-15-4-2)21(19-9-6-7-10-22(19)25)16-23(27)17-11-13-18(26)14-12-17/h6-7,9-14,20-21H,3-5,8,15-16H2,1-2H3/t20?,21-/m1/s1. The quantitative estimate of drug-likeness (QED) is 0.305. The van der Waals surface area contributed by atoms with Crippen molar-refractivity contribution in [3.8, 4) is 0 Å². The van der Waals surface area contributed by atoms with E-state index in [-0.39, 0.29) is 18.2 Å². The molecule has 2 atom stereocenters. The highest BCUT2D eigenvalue weighted by Crippen LogP contribution is 2.37. The van der Waals surface area contributed by atoms with Gasteiger partial charge in [0.05, 0.1) is 12.5 Å². The predicted octanol–water partition coefficient (Wildman–Crippen LogP) is 6.60. The molecule has 0 aliphatic rings. The fourth-order valence-corrected chi connectivity index (χ4v) is 3.69. The maximum absolute atomic E-state index is 13.2. The Bertz CT molecular complexity index is 804. The normalized spacial score (nSPS) is 13.0. The van der Waals surface area contributed by atoms with Crippen molar-refractivity contribution in [2.45, 2.75) is 51.9 Å². The molecule has 0 N–H and O–H groups in total. The monoisotopic (exact) mass is 418 g/mol. The van der Waals surface area contributed by atoms with Crippen molar-refractivity contribution < 1.29 is 18.7 Å². The Labute approximate surface area is 177 Å². The van der Waals surface area contributed by atoms with Crippen molar-refractivity contribution in [2.75, 3.05) is 6.61 Å². The van der Waals surface area contributed by atoms with Gasteiger partial charge in [-0.2, -0.15) is 0 Å². The summed E-state index contributed by atoms with van der Waals surface area (Å²) in [5, 5.41) is 0.522. The first-order valence-electron chi connectivity index (χ1n) is 10.2. The van der Waals surface area contributed by atoms with E-state index in [0.717, 1.165) is 24.8 Å². The van der Waals surface area contributed by atoms with E-state index in [1.807, 2.05) is 25.1 Å². The van der Waals surface area contributed by atoms with Gasteiger partial charge < -0.3 is 4.74 Å². The van der Waals surface area contributed by atoms with E-state index in [1.165, 1.54) is 24.3 Å². The minimum atomic E-state index is -0.467. The number of ether oxygens (including phenoxy) is 1. The zero-order valence-corrected chi connectivity index (χ0v) is 17.8. The van der Waals surface area contributed by atoms with Crippen molar-refractivity contribution in [1.82, 2.24) is 0 Å². The van der Waals surface area contributed by atoms with Gasteiger partial charge in [-0.1, -0.05) is 56.5 Å². The Morgan fingerprint density at radius 2 is 1.72 bits per heavy atom. The van der Waals surface area contributed by atoms with Gasteiger partial charge in [0.25, 0.3) is 0 Å². The number of halogens is 2. The SMILES string of the molecule is CCCCC(C(=O)OCCC)[C@H](CC(=O)c1ccc(F)cc1)c1ccccc1Cl. The number of rotatable bonds is 11. The fraction of sp³-hybridized carbons (Fsp3) is 0.417. The van der Waals surface area contributed by atoms with Gasteiger partial charge in [-0.25, -0.2) is 4.39 Å². The number of carbonyl (C=O) groups is 2. The van der Waals surface area contributed by atoms with E-state index < -0.39 is 17.7 Å².